The molecule has 6 aromatic rings. The van der Waals surface area contributed by atoms with Gasteiger partial charge in [0.15, 0.2) is 11.6 Å². The highest BCUT2D eigenvalue weighted by Gasteiger charge is 2.32. The van der Waals surface area contributed by atoms with Gasteiger partial charge in [-0.3, -0.25) is 18.2 Å². The van der Waals surface area contributed by atoms with Crippen molar-refractivity contribution in [2.24, 2.45) is 0 Å². The molecule has 50 heavy (non-hydrogen) atoms. The van der Waals surface area contributed by atoms with E-state index in [-0.39, 0.29) is 57.7 Å². The third-order valence-electron chi connectivity index (χ3n) is 7.29. The van der Waals surface area contributed by atoms with E-state index in [1.165, 1.54) is 74.5 Å². The van der Waals surface area contributed by atoms with E-state index < -0.39 is 20.0 Å². The number of H-pyrrole nitrogens is 2. The molecule has 6 rings (SSSR count). The number of carbonyl (C=O) groups is 2. The van der Waals surface area contributed by atoms with Crippen LogP contribution in [0.2, 0.25) is 0 Å². The number of tetrazole rings is 2. The standard InChI is InChI=1S/C30H28N12O6S2/c1-19(43)31-21-7-11-23(12-8-21)49(45,46)41(17-29-33-37-38-34-29)27-15-16-28(26-6-4-3-5-25(26)27)42(18-30-35-39-40-36-30)50(47,48)24-13-9-22(10-14-24)32-20(2)44/h3-16H,17-18H2,1-2H3,(H,31,43)(H,32,44)(H,33,34,37,38)(H,35,36,39,40). The normalized spacial score (nSPS) is 11.6. The smallest absolute Gasteiger partial charge is 0.264 e. The molecule has 18 nitrogen and oxygen atoms in total. The molecule has 0 aliphatic heterocycles. The van der Waals surface area contributed by atoms with E-state index in [4.69, 9.17) is 0 Å². The summed E-state index contributed by atoms with van der Waals surface area (Å²) < 4.78 is 59.4. The van der Waals surface area contributed by atoms with E-state index >= 15 is 0 Å². The predicted octanol–water partition coefficient (Wildman–Crippen LogP) is 2.57. The van der Waals surface area contributed by atoms with E-state index in [1.807, 2.05) is 0 Å². The molecular formula is C30H28N12O6S2. The maximum Gasteiger partial charge on any atom is 0.264 e. The maximum absolute atomic E-state index is 14.3. The van der Waals surface area contributed by atoms with Gasteiger partial charge < -0.3 is 10.6 Å². The Morgan fingerprint density at radius 1 is 0.600 bits per heavy atom. The summed E-state index contributed by atoms with van der Waals surface area (Å²) >= 11 is 0. The van der Waals surface area contributed by atoms with Gasteiger partial charge in [0.25, 0.3) is 20.0 Å². The molecule has 20 heteroatoms. The number of aromatic nitrogens is 8. The first-order valence-electron chi connectivity index (χ1n) is 14.7. The Labute approximate surface area is 285 Å². The summed E-state index contributed by atoms with van der Waals surface area (Å²) in [5.74, 6) is -0.493. The van der Waals surface area contributed by atoms with Crippen LogP contribution in [0.1, 0.15) is 25.5 Å². The number of amides is 2. The summed E-state index contributed by atoms with van der Waals surface area (Å²) in [6.07, 6.45) is 0. The zero-order valence-corrected chi connectivity index (χ0v) is 28.0. The summed E-state index contributed by atoms with van der Waals surface area (Å²) in [5.41, 5.74) is 1.19. The number of carbonyl (C=O) groups excluding carboxylic acids is 2. The first kappa shape index (κ1) is 33.6. The van der Waals surface area contributed by atoms with E-state index in [0.717, 1.165) is 8.61 Å². The lowest BCUT2D eigenvalue weighted by molar-refractivity contribution is -0.115. The minimum atomic E-state index is -4.32. The van der Waals surface area contributed by atoms with Crippen molar-refractivity contribution in [1.82, 2.24) is 41.2 Å². The van der Waals surface area contributed by atoms with Crippen LogP contribution in [0.25, 0.3) is 10.8 Å². The molecule has 0 aliphatic rings. The Morgan fingerprint density at radius 2 is 0.980 bits per heavy atom. The van der Waals surface area contributed by atoms with E-state index in [2.05, 4.69) is 51.9 Å². The van der Waals surface area contributed by atoms with Gasteiger partial charge >= 0.3 is 0 Å². The zero-order valence-electron chi connectivity index (χ0n) is 26.3. The van der Waals surface area contributed by atoms with Gasteiger partial charge in [0.05, 0.1) is 34.3 Å². The highest BCUT2D eigenvalue weighted by atomic mass is 32.2. The van der Waals surface area contributed by atoms with Crippen LogP contribution >= 0.6 is 0 Å². The molecule has 2 heterocycles. The minimum Gasteiger partial charge on any atom is -0.326 e. The fraction of sp³-hybridized carbons (Fsp3) is 0.133. The lowest BCUT2D eigenvalue weighted by atomic mass is 10.1. The summed E-state index contributed by atoms with van der Waals surface area (Å²) in [6.45, 7) is 2.01. The fourth-order valence-corrected chi connectivity index (χ4v) is 8.02. The number of hydrogen-bond acceptors (Lipinski definition) is 12. The molecule has 0 spiro atoms. The van der Waals surface area contributed by atoms with Crippen LogP contribution in [0, 0.1) is 0 Å². The van der Waals surface area contributed by atoms with Gasteiger partial charge in [-0.25, -0.2) is 16.8 Å². The highest BCUT2D eigenvalue weighted by Crippen LogP contribution is 2.39. The van der Waals surface area contributed by atoms with Crippen LogP contribution in [0.4, 0.5) is 22.7 Å². The van der Waals surface area contributed by atoms with Gasteiger partial charge in [0.2, 0.25) is 11.8 Å². The second-order valence-electron chi connectivity index (χ2n) is 10.7. The second-order valence-corrected chi connectivity index (χ2v) is 14.5. The number of rotatable bonds is 12. The van der Waals surface area contributed by atoms with Crippen LogP contribution in [0.3, 0.4) is 0 Å². The van der Waals surface area contributed by atoms with Crippen LogP contribution in [-0.2, 0) is 42.7 Å². The average Bonchev–Trinajstić information content (AvgIpc) is 3.81. The van der Waals surface area contributed by atoms with Gasteiger partial charge in [0.1, 0.15) is 0 Å². The monoisotopic (exact) mass is 716 g/mol. The largest absolute Gasteiger partial charge is 0.326 e. The lowest BCUT2D eigenvalue weighted by Gasteiger charge is -2.28. The molecule has 0 atom stereocenters. The van der Waals surface area contributed by atoms with E-state index in [1.54, 1.807) is 24.3 Å². The average molecular weight is 717 g/mol. The first-order valence-corrected chi connectivity index (χ1v) is 17.6. The van der Waals surface area contributed by atoms with Crippen molar-refractivity contribution in [2.45, 2.75) is 36.7 Å². The fourth-order valence-electron chi connectivity index (χ4n) is 5.14. The summed E-state index contributed by atoms with van der Waals surface area (Å²) in [4.78, 5) is 22.9. The minimum absolute atomic E-state index is 0.0700. The van der Waals surface area contributed by atoms with Gasteiger partial charge in [-0.05, 0) is 60.7 Å². The Balaban J connectivity index is 1.49. The van der Waals surface area contributed by atoms with Crippen LogP contribution < -0.4 is 19.2 Å². The molecule has 0 radical (unpaired) electrons. The number of anilines is 4. The number of nitrogens with zero attached hydrogens (tertiary/aromatic N) is 8. The van der Waals surface area contributed by atoms with Crippen molar-refractivity contribution in [3.05, 3.63) is 96.6 Å². The Morgan fingerprint density at radius 3 is 1.30 bits per heavy atom. The number of fused-ring (bicyclic) bond motifs is 1. The highest BCUT2D eigenvalue weighted by molar-refractivity contribution is 7.93. The number of hydrogen-bond donors (Lipinski definition) is 4. The van der Waals surface area contributed by atoms with E-state index in [9.17, 15) is 26.4 Å². The number of aromatic amines is 2. The maximum atomic E-state index is 14.3. The third-order valence-corrected chi connectivity index (χ3v) is 10.8. The Kier molecular flexibility index (Phi) is 9.20. The van der Waals surface area contributed by atoms with Gasteiger partial charge in [0, 0.05) is 36.0 Å². The van der Waals surface area contributed by atoms with Crippen molar-refractivity contribution < 1.29 is 26.4 Å². The first-order chi connectivity index (χ1) is 23.9. The molecule has 0 aliphatic carbocycles. The summed E-state index contributed by atoms with van der Waals surface area (Å²) in [7, 11) is -8.64. The molecule has 4 N–H and O–H groups in total. The SMILES string of the molecule is CC(=O)Nc1ccc(S(=O)(=O)N(Cc2nn[nH]n2)c2ccc(N(Cc3nn[nH]n3)S(=O)(=O)c3ccc(NC(C)=O)cc3)c3ccccc23)cc1. The molecule has 4 aromatic carbocycles. The van der Waals surface area contributed by atoms with Gasteiger partial charge in [-0.2, -0.15) is 10.4 Å². The van der Waals surface area contributed by atoms with Crippen molar-refractivity contribution in [1.29, 1.82) is 0 Å². The van der Waals surface area contributed by atoms with Crippen LogP contribution in [0.5, 0.6) is 0 Å². The van der Waals surface area contributed by atoms with Crippen molar-refractivity contribution in [3.63, 3.8) is 0 Å². The molecule has 256 valence electrons. The lowest BCUT2D eigenvalue weighted by Crippen LogP contribution is -2.33. The van der Waals surface area contributed by atoms with E-state index in [0.29, 0.717) is 22.1 Å². The topological polar surface area (TPSA) is 242 Å². The summed E-state index contributed by atoms with van der Waals surface area (Å²) in [5, 5.41) is 33.6. The van der Waals surface area contributed by atoms with Gasteiger partial charge in [-0.15, -0.1) is 20.4 Å². The Bertz CT molecular complexity index is 2200. The number of sulfonamides is 2. The van der Waals surface area contributed by atoms with Crippen LogP contribution in [-0.4, -0.2) is 69.9 Å². The zero-order chi connectivity index (χ0) is 35.5. The molecule has 0 unspecified atom stereocenters. The molecule has 0 saturated heterocycles. The molecule has 0 fully saturated rings. The van der Waals surface area contributed by atoms with Crippen molar-refractivity contribution in [2.75, 3.05) is 19.2 Å². The second kappa shape index (κ2) is 13.7. The molecule has 2 amide bonds. The quantitative estimate of drug-likeness (QED) is 0.143. The molecular weight excluding hydrogens is 689 g/mol. The Hall–Kier alpha value is -6.28. The molecule has 0 saturated carbocycles. The summed E-state index contributed by atoms with van der Waals surface area (Å²) in [6, 6.07) is 21.0. The van der Waals surface area contributed by atoms with Crippen molar-refractivity contribution in [3.8, 4) is 0 Å². The molecule has 0 bridgehead atoms. The number of nitrogens with one attached hydrogen (secondary N) is 4. The number of benzene rings is 4. The van der Waals surface area contributed by atoms with Crippen LogP contribution in [0.15, 0.2) is 94.7 Å². The third kappa shape index (κ3) is 6.96. The van der Waals surface area contributed by atoms with Crippen molar-refractivity contribution >= 4 is 65.4 Å². The predicted molar refractivity (Wildman–Crippen MR) is 181 cm³/mol. The van der Waals surface area contributed by atoms with Gasteiger partial charge in [-0.1, -0.05) is 34.7 Å². The molecule has 2 aromatic heterocycles.